The molecule has 2 rings (SSSR count). The normalized spacial score (nSPS) is 11.5. The van der Waals surface area contributed by atoms with Gasteiger partial charge in [0.05, 0.1) is 13.3 Å². The van der Waals surface area contributed by atoms with Crippen LogP contribution < -0.4 is 9.47 Å². The van der Waals surface area contributed by atoms with E-state index in [2.05, 4.69) is 9.89 Å². The highest BCUT2D eigenvalue weighted by Crippen LogP contribution is 2.26. The molecular formula is C16H14F3NO3. The van der Waals surface area contributed by atoms with Crippen LogP contribution in [0.4, 0.5) is 13.2 Å². The third-order valence-corrected chi connectivity index (χ3v) is 2.79. The maximum absolute atomic E-state index is 12.3. The van der Waals surface area contributed by atoms with E-state index in [9.17, 15) is 13.2 Å². The van der Waals surface area contributed by atoms with Crippen LogP contribution in [-0.4, -0.2) is 19.7 Å². The quantitative estimate of drug-likeness (QED) is 0.592. The van der Waals surface area contributed by atoms with Gasteiger partial charge in [0.25, 0.3) is 0 Å². The molecule has 23 heavy (non-hydrogen) atoms. The van der Waals surface area contributed by atoms with Crippen molar-refractivity contribution in [3.8, 4) is 11.5 Å². The summed E-state index contributed by atoms with van der Waals surface area (Å²) in [5.41, 5.74) is 0.983. The number of ether oxygens (including phenoxy) is 2. The molecule has 0 aliphatic heterocycles. The number of para-hydroxylation sites is 1. The number of alkyl halides is 3. The monoisotopic (exact) mass is 325 g/mol. The lowest BCUT2D eigenvalue weighted by molar-refractivity contribution is -0.275. The highest BCUT2D eigenvalue weighted by atomic mass is 19.4. The van der Waals surface area contributed by atoms with E-state index in [0.29, 0.717) is 5.75 Å². The van der Waals surface area contributed by atoms with Crippen LogP contribution >= 0.6 is 0 Å². The van der Waals surface area contributed by atoms with Gasteiger partial charge in [-0.15, -0.1) is 13.2 Å². The second-order valence-electron chi connectivity index (χ2n) is 4.44. The minimum atomic E-state index is -4.75. The molecule has 0 fully saturated rings. The molecule has 2 aromatic carbocycles. The molecule has 0 unspecified atom stereocenters. The van der Waals surface area contributed by atoms with Crippen molar-refractivity contribution >= 4 is 6.21 Å². The molecule has 0 bridgehead atoms. The molecule has 0 heterocycles. The van der Waals surface area contributed by atoms with Crippen molar-refractivity contribution in [1.82, 2.24) is 0 Å². The van der Waals surface area contributed by atoms with Gasteiger partial charge in [-0.05, 0) is 23.8 Å². The fourth-order valence-corrected chi connectivity index (χ4v) is 1.77. The SMILES string of the molecule is COc1cccc(C=NOCc2ccccc2OC(F)(F)F)c1. The lowest BCUT2D eigenvalue weighted by Crippen LogP contribution is -2.18. The van der Waals surface area contributed by atoms with Crippen LogP contribution in [0.25, 0.3) is 0 Å². The van der Waals surface area contributed by atoms with Gasteiger partial charge in [0, 0.05) is 5.56 Å². The van der Waals surface area contributed by atoms with Crippen LogP contribution in [0.15, 0.2) is 53.7 Å². The van der Waals surface area contributed by atoms with Gasteiger partial charge in [0.2, 0.25) is 0 Å². The first-order valence-electron chi connectivity index (χ1n) is 6.61. The Morgan fingerprint density at radius 1 is 1.09 bits per heavy atom. The molecule has 4 nitrogen and oxygen atoms in total. The highest BCUT2D eigenvalue weighted by Gasteiger charge is 2.32. The van der Waals surface area contributed by atoms with E-state index in [1.165, 1.54) is 24.4 Å². The van der Waals surface area contributed by atoms with Crippen molar-refractivity contribution in [1.29, 1.82) is 0 Å². The zero-order chi connectivity index (χ0) is 16.7. The average Bonchev–Trinajstić information content (AvgIpc) is 2.52. The van der Waals surface area contributed by atoms with Crippen molar-refractivity contribution in [3.05, 3.63) is 59.7 Å². The lowest BCUT2D eigenvalue weighted by Gasteiger charge is -2.12. The molecule has 0 radical (unpaired) electrons. The van der Waals surface area contributed by atoms with Crippen molar-refractivity contribution in [2.24, 2.45) is 5.16 Å². The van der Waals surface area contributed by atoms with Crippen molar-refractivity contribution < 1.29 is 27.5 Å². The number of oxime groups is 1. The summed E-state index contributed by atoms with van der Waals surface area (Å²) in [6.07, 6.45) is -3.31. The molecule has 7 heteroatoms. The van der Waals surface area contributed by atoms with Gasteiger partial charge in [-0.3, -0.25) is 0 Å². The zero-order valence-corrected chi connectivity index (χ0v) is 12.2. The second kappa shape index (κ2) is 7.53. The maximum Gasteiger partial charge on any atom is 0.573 e. The Kier molecular flexibility index (Phi) is 5.46. The van der Waals surface area contributed by atoms with Gasteiger partial charge >= 0.3 is 6.36 Å². The molecule has 0 saturated heterocycles. The third kappa shape index (κ3) is 5.54. The first-order valence-corrected chi connectivity index (χ1v) is 6.61. The summed E-state index contributed by atoms with van der Waals surface area (Å²) in [6.45, 7) is -0.146. The van der Waals surface area contributed by atoms with Gasteiger partial charge in [-0.1, -0.05) is 35.5 Å². The van der Waals surface area contributed by atoms with Crippen LogP contribution in [0.5, 0.6) is 11.5 Å². The standard InChI is InChI=1S/C16H14F3NO3/c1-21-14-7-4-5-12(9-14)10-20-22-11-13-6-2-3-8-15(13)23-16(17,18)19/h2-10H,11H2,1H3. The summed E-state index contributed by atoms with van der Waals surface area (Å²) < 4.78 is 45.9. The summed E-state index contributed by atoms with van der Waals surface area (Å²) >= 11 is 0. The smallest absolute Gasteiger partial charge is 0.497 e. The van der Waals surface area contributed by atoms with Crippen LogP contribution in [0, 0.1) is 0 Å². The van der Waals surface area contributed by atoms with Crippen LogP contribution in [0.1, 0.15) is 11.1 Å². The molecule has 0 N–H and O–H groups in total. The van der Waals surface area contributed by atoms with E-state index in [0.717, 1.165) is 5.56 Å². The average molecular weight is 325 g/mol. The van der Waals surface area contributed by atoms with Gasteiger partial charge in [0.15, 0.2) is 0 Å². The van der Waals surface area contributed by atoms with Crippen molar-refractivity contribution in [3.63, 3.8) is 0 Å². The molecule has 122 valence electrons. The fourth-order valence-electron chi connectivity index (χ4n) is 1.77. The van der Waals surface area contributed by atoms with Gasteiger partial charge < -0.3 is 14.3 Å². The van der Waals surface area contributed by atoms with Gasteiger partial charge in [-0.2, -0.15) is 0 Å². The summed E-state index contributed by atoms with van der Waals surface area (Å²) in [4.78, 5) is 5.03. The minimum absolute atomic E-state index is 0.146. The first kappa shape index (κ1) is 16.7. The molecule has 0 aliphatic rings. The Hall–Kier alpha value is -2.70. The lowest BCUT2D eigenvalue weighted by atomic mass is 10.2. The van der Waals surface area contributed by atoms with E-state index in [1.807, 2.05) is 0 Å². The van der Waals surface area contributed by atoms with Crippen LogP contribution in [0.2, 0.25) is 0 Å². The second-order valence-corrected chi connectivity index (χ2v) is 4.44. The predicted octanol–water partition coefficient (Wildman–Crippen LogP) is 4.14. The Morgan fingerprint density at radius 2 is 1.87 bits per heavy atom. The number of hydrogen-bond donors (Lipinski definition) is 0. The van der Waals surface area contributed by atoms with E-state index in [-0.39, 0.29) is 17.9 Å². The summed E-state index contributed by atoms with van der Waals surface area (Å²) in [6, 6.07) is 12.8. The minimum Gasteiger partial charge on any atom is -0.497 e. The van der Waals surface area contributed by atoms with Gasteiger partial charge in [0.1, 0.15) is 18.1 Å². The number of nitrogens with zero attached hydrogens (tertiary/aromatic N) is 1. The molecule has 0 spiro atoms. The maximum atomic E-state index is 12.3. The van der Waals surface area contributed by atoms with Crippen LogP contribution in [-0.2, 0) is 11.4 Å². The number of benzene rings is 2. The summed E-state index contributed by atoms with van der Waals surface area (Å²) in [5.74, 6) is 0.356. The molecule has 0 atom stereocenters. The summed E-state index contributed by atoms with van der Waals surface area (Å²) in [5, 5.41) is 3.73. The number of hydrogen-bond acceptors (Lipinski definition) is 4. The van der Waals surface area contributed by atoms with E-state index in [1.54, 1.807) is 37.4 Å². The molecular weight excluding hydrogens is 311 g/mol. The molecule has 0 aliphatic carbocycles. The van der Waals surface area contributed by atoms with Gasteiger partial charge in [-0.25, -0.2) is 0 Å². The topological polar surface area (TPSA) is 40.0 Å². The zero-order valence-electron chi connectivity index (χ0n) is 12.2. The summed E-state index contributed by atoms with van der Waals surface area (Å²) in [7, 11) is 1.55. The van der Waals surface area contributed by atoms with E-state index < -0.39 is 6.36 Å². The Labute approximate surface area is 131 Å². The fraction of sp³-hybridized carbons (Fsp3) is 0.188. The Balaban J connectivity index is 1.97. The first-order chi connectivity index (χ1) is 11.0. The molecule has 0 aromatic heterocycles. The van der Waals surface area contributed by atoms with E-state index in [4.69, 9.17) is 9.57 Å². The Bertz CT molecular complexity index is 672. The number of methoxy groups -OCH3 is 1. The van der Waals surface area contributed by atoms with Crippen molar-refractivity contribution in [2.45, 2.75) is 13.0 Å². The van der Waals surface area contributed by atoms with Crippen LogP contribution in [0.3, 0.4) is 0 Å². The Morgan fingerprint density at radius 3 is 2.61 bits per heavy atom. The molecule has 0 saturated carbocycles. The largest absolute Gasteiger partial charge is 0.573 e. The third-order valence-electron chi connectivity index (χ3n) is 2.79. The number of rotatable bonds is 6. The predicted molar refractivity (Wildman–Crippen MR) is 78.5 cm³/mol. The van der Waals surface area contributed by atoms with Crippen molar-refractivity contribution in [2.75, 3.05) is 7.11 Å². The molecule has 0 amide bonds. The number of halogens is 3. The molecule has 2 aromatic rings. The highest BCUT2D eigenvalue weighted by molar-refractivity contribution is 5.79. The van der Waals surface area contributed by atoms with E-state index >= 15 is 0 Å².